The summed E-state index contributed by atoms with van der Waals surface area (Å²) >= 11 is 0.467. The summed E-state index contributed by atoms with van der Waals surface area (Å²) < 4.78 is 39.9. The first kappa shape index (κ1) is 17.8. The first-order chi connectivity index (χ1) is 12.9. The van der Waals surface area contributed by atoms with E-state index in [1.54, 1.807) is 0 Å². The summed E-state index contributed by atoms with van der Waals surface area (Å²) in [7, 11) is 0. The highest BCUT2D eigenvalue weighted by molar-refractivity contribution is 7.14. The molecule has 1 fully saturated rings. The third-order valence-electron chi connectivity index (χ3n) is 4.52. The van der Waals surface area contributed by atoms with Crippen molar-refractivity contribution in [2.75, 3.05) is 18.0 Å². The lowest BCUT2D eigenvalue weighted by molar-refractivity contribution is -0.134. The van der Waals surface area contributed by atoms with E-state index in [0.717, 1.165) is 17.7 Å². The van der Waals surface area contributed by atoms with Crippen LogP contribution in [0.5, 0.6) is 0 Å². The van der Waals surface area contributed by atoms with Crippen LogP contribution >= 0.6 is 11.3 Å². The lowest BCUT2D eigenvalue weighted by Gasteiger charge is -2.32. The van der Waals surface area contributed by atoms with Gasteiger partial charge in [0.15, 0.2) is 5.65 Å². The van der Waals surface area contributed by atoms with Crippen LogP contribution in [0.25, 0.3) is 5.65 Å². The Hall–Kier alpha value is -2.62. The molecule has 1 N–H and O–H groups in total. The van der Waals surface area contributed by atoms with E-state index in [-0.39, 0.29) is 10.9 Å². The summed E-state index contributed by atoms with van der Waals surface area (Å²) in [6.45, 7) is 1.36. The molecular formula is C17H16F3N5OS. The summed E-state index contributed by atoms with van der Waals surface area (Å²) in [4.78, 5) is 13.6. The average molecular weight is 395 g/mol. The van der Waals surface area contributed by atoms with Gasteiger partial charge in [0, 0.05) is 25.3 Å². The first-order valence-corrected chi connectivity index (χ1v) is 9.26. The number of thiophene rings is 1. The van der Waals surface area contributed by atoms with Gasteiger partial charge < -0.3 is 10.2 Å². The molecule has 3 aromatic rings. The Kier molecular flexibility index (Phi) is 4.50. The third-order valence-corrected chi connectivity index (χ3v) is 5.65. The van der Waals surface area contributed by atoms with Crippen molar-refractivity contribution in [3.05, 3.63) is 46.3 Å². The van der Waals surface area contributed by atoms with Crippen molar-refractivity contribution >= 4 is 28.8 Å². The minimum absolute atomic E-state index is 0.0770. The van der Waals surface area contributed by atoms with Crippen molar-refractivity contribution < 1.29 is 18.0 Å². The van der Waals surface area contributed by atoms with Gasteiger partial charge in [-0.15, -0.1) is 21.5 Å². The zero-order valence-electron chi connectivity index (χ0n) is 14.1. The molecule has 0 unspecified atom stereocenters. The molecule has 6 nitrogen and oxygen atoms in total. The number of pyridine rings is 1. The average Bonchev–Trinajstić information content (AvgIpc) is 3.30. The van der Waals surface area contributed by atoms with Crippen molar-refractivity contribution in [1.29, 1.82) is 0 Å². The number of alkyl halides is 3. The molecule has 1 aliphatic heterocycles. The molecule has 10 heteroatoms. The highest BCUT2D eigenvalue weighted by atomic mass is 32.1. The molecule has 0 bridgehead atoms. The van der Waals surface area contributed by atoms with E-state index in [9.17, 15) is 18.0 Å². The Morgan fingerprint density at radius 2 is 1.93 bits per heavy atom. The molecule has 1 amide bonds. The van der Waals surface area contributed by atoms with E-state index in [2.05, 4.69) is 20.4 Å². The van der Waals surface area contributed by atoms with E-state index in [1.807, 2.05) is 28.8 Å². The molecule has 0 atom stereocenters. The molecule has 0 spiro atoms. The minimum atomic E-state index is -4.42. The van der Waals surface area contributed by atoms with E-state index < -0.39 is 17.0 Å². The maximum Gasteiger partial charge on any atom is 0.425 e. The van der Waals surface area contributed by atoms with Gasteiger partial charge in [-0.1, -0.05) is 6.07 Å². The lowest BCUT2D eigenvalue weighted by Crippen LogP contribution is -2.45. The number of halogens is 3. The van der Waals surface area contributed by atoms with Crippen LogP contribution in [0.3, 0.4) is 0 Å². The largest absolute Gasteiger partial charge is 0.425 e. The number of fused-ring (bicyclic) bond motifs is 1. The molecular weight excluding hydrogens is 379 g/mol. The summed E-state index contributed by atoms with van der Waals surface area (Å²) in [6, 6.07) is 7.76. The number of carbonyl (C=O) groups excluding carboxylic acids is 1. The van der Waals surface area contributed by atoms with Gasteiger partial charge in [0.2, 0.25) is 5.95 Å². The molecule has 27 heavy (non-hydrogen) atoms. The second-order valence-electron chi connectivity index (χ2n) is 6.33. The monoisotopic (exact) mass is 395 g/mol. The number of piperidine rings is 1. The Bertz CT molecular complexity index is 959. The number of aromatic nitrogens is 3. The maximum absolute atomic E-state index is 12.7. The molecule has 0 saturated carbocycles. The quantitative estimate of drug-likeness (QED) is 0.740. The zero-order valence-corrected chi connectivity index (χ0v) is 14.9. The SMILES string of the molecule is O=C(NC1CCN(c2nnc3ccccn23)CC1)c1ccc(C(F)(F)F)s1. The second-order valence-corrected chi connectivity index (χ2v) is 7.41. The molecule has 0 radical (unpaired) electrons. The van der Waals surface area contributed by atoms with Gasteiger partial charge in [-0.05, 0) is 37.1 Å². The highest BCUT2D eigenvalue weighted by Gasteiger charge is 2.33. The van der Waals surface area contributed by atoms with E-state index in [4.69, 9.17) is 0 Å². The Balaban J connectivity index is 1.37. The van der Waals surface area contributed by atoms with Gasteiger partial charge in [-0.2, -0.15) is 13.2 Å². The maximum atomic E-state index is 12.7. The number of carbonyl (C=O) groups is 1. The van der Waals surface area contributed by atoms with Gasteiger partial charge >= 0.3 is 6.18 Å². The fourth-order valence-electron chi connectivity index (χ4n) is 3.14. The summed E-state index contributed by atoms with van der Waals surface area (Å²) in [6.07, 6.45) is -1.15. The Morgan fingerprint density at radius 1 is 1.15 bits per heavy atom. The standard InChI is InChI=1S/C17H16F3N5OS/c18-17(19,20)13-5-4-12(27-13)15(26)21-11-6-9-24(10-7-11)16-23-22-14-3-1-2-8-25(14)16/h1-5,8,11H,6-7,9-10H2,(H,21,26). The number of rotatable bonds is 3. The minimum Gasteiger partial charge on any atom is -0.348 e. The van der Waals surface area contributed by atoms with Crippen LogP contribution in [0, 0.1) is 0 Å². The summed E-state index contributed by atoms with van der Waals surface area (Å²) in [5.74, 6) is 0.297. The van der Waals surface area contributed by atoms with Crippen LogP contribution < -0.4 is 10.2 Å². The predicted molar refractivity (Wildman–Crippen MR) is 95.0 cm³/mol. The van der Waals surface area contributed by atoms with Gasteiger partial charge in [0.1, 0.15) is 4.88 Å². The molecule has 142 valence electrons. The van der Waals surface area contributed by atoms with Gasteiger partial charge in [0.25, 0.3) is 5.91 Å². The summed E-state index contributed by atoms with van der Waals surface area (Å²) in [5.41, 5.74) is 0.765. The van der Waals surface area contributed by atoms with Crippen LogP contribution in [0.1, 0.15) is 27.4 Å². The van der Waals surface area contributed by atoms with Gasteiger partial charge in [-0.3, -0.25) is 9.20 Å². The van der Waals surface area contributed by atoms with E-state index in [1.165, 1.54) is 6.07 Å². The van der Waals surface area contributed by atoms with Crippen molar-refractivity contribution in [1.82, 2.24) is 19.9 Å². The molecule has 3 aromatic heterocycles. The topological polar surface area (TPSA) is 62.5 Å². The number of hydrogen-bond donors (Lipinski definition) is 1. The Labute approximate surface area is 156 Å². The number of amides is 1. The third kappa shape index (κ3) is 3.61. The molecule has 0 aliphatic carbocycles. The predicted octanol–water partition coefficient (Wildman–Crippen LogP) is 3.21. The Morgan fingerprint density at radius 3 is 2.63 bits per heavy atom. The lowest BCUT2D eigenvalue weighted by atomic mass is 10.1. The number of nitrogens with one attached hydrogen (secondary N) is 1. The normalized spacial score (nSPS) is 16.0. The second kappa shape index (κ2) is 6.84. The van der Waals surface area contributed by atoms with Gasteiger partial charge in [0.05, 0.1) is 4.88 Å². The van der Waals surface area contributed by atoms with Crippen LogP contribution in [0.15, 0.2) is 36.5 Å². The van der Waals surface area contributed by atoms with Crippen LogP contribution in [-0.2, 0) is 6.18 Å². The molecule has 4 rings (SSSR count). The fourth-order valence-corrected chi connectivity index (χ4v) is 3.91. The zero-order chi connectivity index (χ0) is 19.0. The molecule has 1 aliphatic rings. The van der Waals surface area contributed by atoms with Crippen LogP contribution in [0.4, 0.5) is 19.1 Å². The molecule has 0 aromatic carbocycles. The van der Waals surface area contributed by atoms with E-state index >= 15 is 0 Å². The molecule has 1 saturated heterocycles. The van der Waals surface area contributed by atoms with Crippen LogP contribution in [-0.4, -0.2) is 39.6 Å². The number of anilines is 1. The van der Waals surface area contributed by atoms with Crippen molar-refractivity contribution in [3.63, 3.8) is 0 Å². The van der Waals surface area contributed by atoms with Crippen molar-refractivity contribution in [2.45, 2.75) is 25.1 Å². The van der Waals surface area contributed by atoms with Crippen LogP contribution in [0.2, 0.25) is 0 Å². The number of nitrogens with zero attached hydrogens (tertiary/aromatic N) is 4. The first-order valence-electron chi connectivity index (χ1n) is 8.44. The fraction of sp³-hybridized carbons (Fsp3) is 0.353. The summed E-state index contributed by atoms with van der Waals surface area (Å²) in [5, 5.41) is 11.2. The smallest absolute Gasteiger partial charge is 0.348 e. The van der Waals surface area contributed by atoms with Crippen molar-refractivity contribution in [2.24, 2.45) is 0 Å². The van der Waals surface area contributed by atoms with E-state index in [0.29, 0.717) is 37.3 Å². The van der Waals surface area contributed by atoms with Crippen molar-refractivity contribution in [3.8, 4) is 0 Å². The highest BCUT2D eigenvalue weighted by Crippen LogP contribution is 2.34. The number of hydrogen-bond acceptors (Lipinski definition) is 5. The molecule has 4 heterocycles. The van der Waals surface area contributed by atoms with Gasteiger partial charge in [-0.25, -0.2) is 0 Å².